The normalized spacial score (nSPS) is 20.3. The van der Waals surface area contributed by atoms with Gasteiger partial charge in [0.05, 0.1) is 9.35 Å². The van der Waals surface area contributed by atoms with E-state index in [1.54, 1.807) is 11.3 Å². The monoisotopic (exact) mass is 285 g/mol. The molecule has 4 heteroatoms. The highest BCUT2D eigenvalue weighted by Crippen LogP contribution is 2.30. The van der Waals surface area contributed by atoms with Gasteiger partial charge < -0.3 is 5.32 Å². The lowest BCUT2D eigenvalue weighted by Gasteiger charge is -2.12. The van der Waals surface area contributed by atoms with E-state index in [0.29, 0.717) is 0 Å². The zero-order chi connectivity index (χ0) is 10.8. The Morgan fingerprint density at radius 3 is 3.27 bits per heavy atom. The van der Waals surface area contributed by atoms with Crippen LogP contribution in [0.3, 0.4) is 0 Å². The summed E-state index contributed by atoms with van der Waals surface area (Å²) in [6.45, 7) is 3.71. The first-order valence-corrected chi connectivity index (χ1v) is 6.51. The number of carbonyl (C=O) groups is 1. The number of carbonyl (C=O) groups excluding carboxylic acids is 1. The van der Waals surface area contributed by atoms with Crippen molar-refractivity contribution in [2.24, 2.45) is 0 Å². The van der Waals surface area contributed by atoms with Crippen molar-refractivity contribution in [1.29, 1.82) is 0 Å². The Morgan fingerprint density at radius 2 is 2.53 bits per heavy atom. The van der Waals surface area contributed by atoms with E-state index in [0.717, 1.165) is 28.6 Å². The molecule has 0 radical (unpaired) electrons. The molecule has 0 bridgehead atoms. The van der Waals surface area contributed by atoms with Gasteiger partial charge in [-0.25, -0.2) is 0 Å². The summed E-state index contributed by atoms with van der Waals surface area (Å²) in [4.78, 5) is 13.0. The summed E-state index contributed by atoms with van der Waals surface area (Å²) in [5.74, 6) is 0.0521. The summed E-state index contributed by atoms with van der Waals surface area (Å²) in [5.41, 5.74) is 0.832. The maximum Gasteiger partial charge on any atom is 0.252 e. The van der Waals surface area contributed by atoms with Crippen LogP contribution in [0.2, 0.25) is 0 Å². The Hall–Kier alpha value is -0.610. The van der Waals surface area contributed by atoms with Crippen molar-refractivity contribution >= 4 is 33.2 Å². The summed E-state index contributed by atoms with van der Waals surface area (Å²) in [7, 11) is 0. The number of thiophene rings is 1. The van der Waals surface area contributed by atoms with E-state index in [9.17, 15) is 4.79 Å². The maximum absolute atomic E-state index is 11.8. The van der Waals surface area contributed by atoms with Gasteiger partial charge in [0.25, 0.3) is 5.91 Å². The van der Waals surface area contributed by atoms with Gasteiger partial charge in [0.1, 0.15) is 0 Å². The molecule has 80 valence electrons. The Balaban J connectivity index is 2.22. The molecular weight excluding hydrogens is 274 g/mol. The molecule has 0 aromatic carbocycles. The number of rotatable bonds is 2. The molecule has 1 aliphatic rings. The summed E-state index contributed by atoms with van der Waals surface area (Å²) in [5, 5.41) is 3.02. The van der Waals surface area contributed by atoms with Gasteiger partial charge in [-0.3, -0.25) is 4.79 Å². The van der Waals surface area contributed by atoms with E-state index in [1.165, 1.54) is 4.88 Å². The van der Waals surface area contributed by atoms with Gasteiger partial charge in [0.2, 0.25) is 0 Å². The summed E-state index contributed by atoms with van der Waals surface area (Å²) >= 11 is 5.07. The first kappa shape index (κ1) is 10.9. The van der Waals surface area contributed by atoms with E-state index in [4.69, 9.17) is 0 Å². The Morgan fingerprint density at radius 1 is 1.73 bits per heavy atom. The number of fused-ring (bicyclic) bond motifs is 1. The largest absolute Gasteiger partial charge is 0.349 e. The van der Waals surface area contributed by atoms with Crippen molar-refractivity contribution in [2.75, 3.05) is 0 Å². The molecule has 1 atom stereocenters. The smallest absolute Gasteiger partial charge is 0.252 e. The Bertz CT molecular complexity index is 399. The fourth-order valence-corrected chi connectivity index (χ4v) is 3.50. The van der Waals surface area contributed by atoms with Crippen LogP contribution in [-0.4, -0.2) is 11.9 Å². The van der Waals surface area contributed by atoms with Crippen molar-refractivity contribution in [3.8, 4) is 0 Å². The summed E-state index contributed by atoms with van der Waals surface area (Å²) in [6, 6.07) is 2.15. The second-order valence-electron chi connectivity index (χ2n) is 3.62. The molecule has 1 aromatic heterocycles. The molecule has 1 N–H and O–H groups in total. The highest BCUT2D eigenvalue weighted by molar-refractivity contribution is 9.11. The molecule has 2 heterocycles. The highest BCUT2D eigenvalue weighted by Gasteiger charge is 2.22. The van der Waals surface area contributed by atoms with Crippen LogP contribution in [0, 0.1) is 0 Å². The maximum atomic E-state index is 11.8. The van der Waals surface area contributed by atoms with E-state index in [2.05, 4.69) is 27.8 Å². The van der Waals surface area contributed by atoms with Crippen molar-refractivity contribution in [1.82, 2.24) is 5.32 Å². The van der Waals surface area contributed by atoms with Crippen molar-refractivity contribution < 1.29 is 4.79 Å². The molecule has 1 unspecified atom stereocenters. The minimum atomic E-state index is 0.0521. The number of hydrogen-bond acceptors (Lipinski definition) is 2. The van der Waals surface area contributed by atoms with Gasteiger partial charge >= 0.3 is 0 Å². The summed E-state index contributed by atoms with van der Waals surface area (Å²) in [6.07, 6.45) is 4.68. The van der Waals surface area contributed by atoms with E-state index in [-0.39, 0.29) is 11.9 Å². The number of halogens is 1. The summed E-state index contributed by atoms with van der Waals surface area (Å²) < 4.78 is 1.03. The molecule has 0 saturated carbocycles. The number of hydrogen-bond donors (Lipinski definition) is 1. The lowest BCUT2D eigenvalue weighted by Crippen LogP contribution is -2.32. The molecule has 1 aliphatic heterocycles. The lowest BCUT2D eigenvalue weighted by atomic mass is 10.1. The van der Waals surface area contributed by atoms with Crippen LogP contribution in [0.1, 0.15) is 28.1 Å². The van der Waals surface area contributed by atoms with Crippen molar-refractivity contribution in [3.05, 3.63) is 32.9 Å². The van der Waals surface area contributed by atoms with Crippen LogP contribution in [0.15, 0.2) is 22.5 Å². The third-order valence-electron chi connectivity index (χ3n) is 2.53. The number of aryl methyl sites for hydroxylation is 1. The van der Waals surface area contributed by atoms with Crippen molar-refractivity contribution in [2.45, 2.75) is 25.3 Å². The topological polar surface area (TPSA) is 29.1 Å². The molecular formula is C11H12BrNOS. The van der Waals surface area contributed by atoms with Crippen LogP contribution in [0.5, 0.6) is 0 Å². The Kier molecular flexibility index (Phi) is 3.26. The van der Waals surface area contributed by atoms with Gasteiger partial charge in [-0.15, -0.1) is 17.9 Å². The van der Waals surface area contributed by atoms with Gasteiger partial charge in [0.15, 0.2) is 0 Å². The molecule has 15 heavy (non-hydrogen) atoms. The predicted octanol–water partition coefficient (Wildman–Crippen LogP) is 3.13. The van der Waals surface area contributed by atoms with E-state index < -0.39 is 0 Å². The van der Waals surface area contributed by atoms with Crippen LogP contribution < -0.4 is 5.32 Å². The fraction of sp³-hybridized carbons (Fsp3) is 0.364. The SMILES string of the molecule is C=CCC1CCc2sc(Br)cc2C(=O)N1. The molecule has 0 spiro atoms. The zero-order valence-electron chi connectivity index (χ0n) is 8.25. The molecule has 1 aromatic rings. The van der Waals surface area contributed by atoms with Gasteiger partial charge in [0, 0.05) is 10.9 Å². The number of amides is 1. The standard InChI is InChI=1S/C11H12BrNOS/c1-2-3-7-4-5-9-8(11(14)13-7)6-10(12)15-9/h2,6-7H,1,3-5H2,(H,13,14). The molecule has 2 nitrogen and oxygen atoms in total. The first-order valence-electron chi connectivity index (χ1n) is 4.90. The lowest BCUT2D eigenvalue weighted by molar-refractivity contribution is 0.0940. The van der Waals surface area contributed by atoms with Crippen LogP contribution in [0.25, 0.3) is 0 Å². The molecule has 2 rings (SSSR count). The van der Waals surface area contributed by atoms with Crippen LogP contribution in [-0.2, 0) is 6.42 Å². The molecule has 0 aliphatic carbocycles. The minimum absolute atomic E-state index is 0.0521. The Labute approximate surface area is 102 Å². The zero-order valence-corrected chi connectivity index (χ0v) is 10.7. The van der Waals surface area contributed by atoms with Gasteiger partial charge in [-0.1, -0.05) is 6.08 Å². The van der Waals surface area contributed by atoms with Crippen LogP contribution in [0.4, 0.5) is 0 Å². The number of nitrogens with one attached hydrogen (secondary N) is 1. The molecule has 0 fully saturated rings. The fourth-order valence-electron chi connectivity index (χ4n) is 1.79. The predicted molar refractivity (Wildman–Crippen MR) is 66.4 cm³/mol. The average molecular weight is 286 g/mol. The van der Waals surface area contributed by atoms with Crippen LogP contribution >= 0.6 is 27.3 Å². The minimum Gasteiger partial charge on any atom is -0.349 e. The second-order valence-corrected chi connectivity index (χ2v) is 6.14. The first-order chi connectivity index (χ1) is 7.20. The van der Waals surface area contributed by atoms with E-state index in [1.807, 2.05) is 12.1 Å². The second kappa shape index (κ2) is 4.49. The quantitative estimate of drug-likeness (QED) is 0.831. The van der Waals surface area contributed by atoms with Gasteiger partial charge in [-0.05, 0) is 41.3 Å². The molecule has 0 saturated heterocycles. The highest BCUT2D eigenvalue weighted by atomic mass is 79.9. The molecule has 1 amide bonds. The van der Waals surface area contributed by atoms with Crippen molar-refractivity contribution in [3.63, 3.8) is 0 Å². The van der Waals surface area contributed by atoms with E-state index >= 15 is 0 Å². The van der Waals surface area contributed by atoms with Gasteiger partial charge in [-0.2, -0.15) is 0 Å². The average Bonchev–Trinajstić information content (AvgIpc) is 2.50. The third-order valence-corrected chi connectivity index (χ3v) is 4.23. The third kappa shape index (κ3) is 2.32.